The molecule has 0 unspecified atom stereocenters. The van der Waals surface area contributed by atoms with Crippen LogP contribution in [0.15, 0.2) is 23.1 Å². The fourth-order valence-corrected chi connectivity index (χ4v) is 4.42. The fraction of sp³-hybridized carbons (Fsp3) is 0.600. The van der Waals surface area contributed by atoms with Gasteiger partial charge in [0, 0.05) is 13.1 Å². The Morgan fingerprint density at radius 1 is 1.24 bits per heavy atom. The first-order chi connectivity index (χ1) is 9.62. The molecule has 2 rings (SSSR count). The van der Waals surface area contributed by atoms with E-state index in [9.17, 15) is 8.42 Å². The van der Waals surface area contributed by atoms with Gasteiger partial charge in [0.25, 0.3) is 0 Å². The summed E-state index contributed by atoms with van der Waals surface area (Å²) in [4.78, 5) is 0.221. The van der Waals surface area contributed by atoms with Crippen LogP contribution in [0.4, 0.5) is 5.69 Å². The van der Waals surface area contributed by atoms with E-state index in [2.05, 4.69) is 20.8 Å². The number of rotatable bonds is 2. The third-order valence-electron chi connectivity index (χ3n) is 4.28. The normalized spacial score (nSPS) is 18.9. The van der Waals surface area contributed by atoms with E-state index in [0.717, 1.165) is 12.8 Å². The molecule has 6 heteroatoms. The number of hydrogen-bond donors (Lipinski definition) is 1. The van der Waals surface area contributed by atoms with E-state index in [1.54, 1.807) is 4.31 Å². The van der Waals surface area contributed by atoms with Gasteiger partial charge in [-0.1, -0.05) is 32.4 Å². The summed E-state index contributed by atoms with van der Waals surface area (Å²) in [6, 6.07) is 4.49. The molecule has 0 amide bonds. The summed E-state index contributed by atoms with van der Waals surface area (Å²) in [7, 11) is -3.48. The van der Waals surface area contributed by atoms with Crippen molar-refractivity contribution >= 4 is 27.3 Å². The Bertz CT molecular complexity index is 615. The van der Waals surface area contributed by atoms with Gasteiger partial charge >= 0.3 is 0 Å². The van der Waals surface area contributed by atoms with Crippen molar-refractivity contribution in [3.8, 4) is 0 Å². The van der Waals surface area contributed by atoms with Crippen LogP contribution in [0.5, 0.6) is 0 Å². The Morgan fingerprint density at radius 2 is 1.81 bits per heavy atom. The summed E-state index contributed by atoms with van der Waals surface area (Å²) < 4.78 is 26.8. The van der Waals surface area contributed by atoms with E-state index in [1.165, 1.54) is 18.2 Å². The average molecular weight is 331 g/mol. The zero-order valence-corrected chi connectivity index (χ0v) is 14.3. The van der Waals surface area contributed by atoms with Crippen molar-refractivity contribution < 1.29 is 8.42 Å². The number of hydrogen-bond acceptors (Lipinski definition) is 3. The van der Waals surface area contributed by atoms with Gasteiger partial charge in [-0.2, -0.15) is 4.31 Å². The van der Waals surface area contributed by atoms with Crippen LogP contribution in [-0.2, 0) is 10.0 Å². The third-order valence-corrected chi connectivity index (χ3v) is 6.52. The molecule has 21 heavy (non-hydrogen) atoms. The highest BCUT2D eigenvalue weighted by Crippen LogP contribution is 2.36. The quantitative estimate of drug-likeness (QED) is 0.845. The van der Waals surface area contributed by atoms with Crippen molar-refractivity contribution in [2.75, 3.05) is 18.8 Å². The number of anilines is 1. The number of piperidine rings is 1. The van der Waals surface area contributed by atoms with Crippen molar-refractivity contribution in [3.63, 3.8) is 0 Å². The minimum absolute atomic E-state index is 0.221. The van der Waals surface area contributed by atoms with E-state index in [4.69, 9.17) is 17.3 Å². The van der Waals surface area contributed by atoms with Gasteiger partial charge in [0.05, 0.1) is 15.6 Å². The number of halogens is 1. The molecule has 4 nitrogen and oxygen atoms in total. The topological polar surface area (TPSA) is 63.4 Å². The summed E-state index contributed by atoms with van der Waals surface area (Å²) in [6.07, 6.45) is 1.79. The van der Waals surface area contributed by atoms with Crippen LogP contribution in [-0.4, -0.2) is 25.8 Å². The summed E-state index contributed by atoms with van der Waals surface area (Å²) >= 11 is 5.85. The largest absolute Gasteiger partial charge is 0.397 e. The van der Waals surface area contributed by atoms with Gasteiger partial charge < -0.3 is 5.73 Å². The minimum Gasteiger partial charge on any atom is -0.397 e. The number of nitrogens with zero attached hydrogens (tertiary/aromatic N) is 1. The van der Waals surface area contributed by atoms with E-state index in [0.29, 0.717) is 29.7 Å². The molecule has 118 valence electrons. The highest BCUT2D eigenvalue weighted by molar-refractivity contribution is 7.89. The molecule has 1 aliphatic rings. The van der Waals surface area contributed by atoms with E-state index in [1.807, 2.05) is 0 Å². The molecule has 1 aliphatic heterocycles. The maximum absolute atomic E-state index is 12.6. The molecule has 0 spiro atoms. The van der Waals surface area contributed by atoms with Crippen molar-refractivity contribution in [1.29, 1.82) is 0 Å². The lowest BCUT2D eigenvalue weighted by Gasteiger charge is -2.38. The second kappa shape index (κ2) is 5.78. The molecule has 0 saturated carbocycles. The third kappa shape index (κ3) is 3.52. The number of benzene rings is 1. The van der Waals surface area contributed by atoms with Gasteiger partial charge in [-0.15, -0.1) is 0 Å². The highest BCUT2D eigenvalue weighted by Gasteiger charge is 2.34. The molecule has 1 aromatic rings. The van der Waals surface area contributed by atoms with Gasteiger partial charge in [0.1, 0.15) is 0 Å². The van der Waals surface area contributed by atoms with Gasteiger partial charge in [-0.25, -0.2) is 8.42 Å². The van der Waals surface area contributed by atoms with Crippen LogP contribution in [0.1, 0.15) is 33.6 Å². The second-order valence-corrected chi connectivity index (χ2v) is 9.07. The lowest BCUT2D eigenvalue weighted by Crippen LogP contribution is -2.41. The second-order valence-electron chi connectivity index (χ2n) is 6.73. The molecule has 0 atom stereocenters. The highest BCUT2D eigenvalue weighted by atomic mass is 35.5. The predicted molar refractivity (Wildman–Crippen MR) is 86.8 cm³/mol. The Labute approximate surface area is 132 Å². The Kier molecular flexibility index (Phi) is 4.57. The number of nitrogen functional groups attached to an aromatic ring is 1. The van der Waals surface area contributed by atoms with Gasteiger partial charge in [-0.3, -0.25) is 0 Å². The SMILES string of the molecule is CC(C)(C)C1CCN(S(=O)(=O)c2ccc(Cl)c(N)c2)CC1. The summed E-state index contributed by atoms with van der Waals surface area (Å²) in [5, 5.41) is 0.375. The van der Waals surface area contributed by atoms with Crippen LogP contribution in [0, 0.1) is 11.3 Å². The Hall–Kier alpha value is -0.780. The zero-order valence-electron chi connectivity index (χ0n) is 12.8. The first-order valence-corrected chi connectivity index (χ1v) is 8.99. The van der Waals surface area contributed by atoms with Crippen LogP contribution in [0.25, 0.3) is 0 Å². The van der Waals surface area contributed by atoms with Gasteiger partial charge in [0.2, 0.25) is 10.0 Å². The smallest absolute Gasteiger partial charge is 0.243 e. The van der Waals surface area contributed by atoms with Gasteiger partial charge in [0.15, 0.2) is 0 Å². The predicted octanol–water partition coefficient (Wildman–Crippen LogP) is 3.37. The fourth-order valence-electron chi connectivity index (χ4n) is 2.79. The molecule has 1 fully saturated rings. The molecule has 1 aromatic carbocycles. The minimum atomic E-state index is -3.48. The summed E-state index contributed by atoms with van der Waals surface area (Å²) in [6.45, 7) is 7.75. The Morgan fingerprint density at radius 3 is 2.29 bits per heavy atom. The summed E-state index contributed by atoms with van der Waals surface area (Å²) in [5.74, 6) is 0.555. The molecular formula is C15H23ClN2O2S. The first-order valence-electron chi connectivity index (χ1n) is 7.17. The molecular weight excluding hydrogens is 308 g/mol. The monoisotopic (exact) mass is 330 g/mol. The maximum atomic E-state index is 12.6. The van der Waals surface area contributed by atoms with E-state index < -0.39 is 10.0 Å². The molecule has 0 aliphatic carbocycles. The molecule has 1 heterocycles. The van der Waals surface area contributed by atoms with Crippen molar-refractivity contribution in [2.24, 2.45) is 11.3 Å². The standard InChI is InChI=1S/C15H23ClN2O2S/c1-15(2,3)11-6-8-18(9-7-11)21(19,20)12-4-5-13(16)14(17)10-12/h4-5,10-11H,6-9,17H2,1-3H3. The molecule has 1 saturated heterocycles. The van der Waals surface area contributed by atoms with Crippen molar-refractivity contribution in [2.45, 2.75) is 38.5 Å². The average Bonchev–Trinajstić information content (AvgIpc) is 2.41. The number of nitrogens with two attached hydrogens (primary N) is 1. The molecule has 2 N–H and O–H groups in total. The van der Waals surface area contributed by atoms with Crippen molar-refractivity contribution in [1.82, 2.24) is 4.31 Å². The van der Waals surface area contributed by atoms with E-state index in [-0.39, 0.29) is 10.3 Å². The van der Waals surface area contributed by atoms with E-state index >= 15 is 0 Å². The van der Waals surface area contributed by atoms with Crippen LogP contribution in [0.2, 0.25) is 5.02 Å². The number of sulfonamides is 1. The lowest BCUT2D eigenvalue weighted by atomic mass is 9.76. The maximum Gasteiger partial charge on any atom is 0.243 e. The van der Waals surface area contributed by atoms with Crippen molar-refractivity contribution in [3.05, 3.63) is 23.2 Å². The zero-order chi connectivity index (χ0) is 15.8. The van der Waals surface area contributed by atoms with Crippen LogP contribution < -0.4 is 5.73 Å². The molecule has 0 aromatic heterocycles. The molecule has 0 bridgehead atoms. The summed E-state index contributed by atoms with van der Waals surface area (Å²) in [5.41, 5.74) is 6.23. The van der Waals surface area contributed by atoms with Crippen LogP contribution >= 0.6 is 11.6 Å². The Balaban J connectivity index is 2.17. The van der Waals surface area contributed by atoms with Crippen LogP contribution in [0.3, 0.4) is 0 Å². The first kappa shape index (κ1) is 16.6. The lowest BCUT2D eigenvalue weighted by molar-refractivity contribution is 0.154. The van der Waals surface area contributed by atoms with Gasteiger partial charge in [-0.05, 0) is 42.4 Å². The molecule has 0 radical (unpaired) electrons.